The number of hydrogen-bond donors (Lipinski definition) is 3. The SMILES string of the molecule is CC(C)(CNC(=O)Cc1ccccc1CN)C(N)=O. The summed E-state index contributed by atoms with van der Waals surface area (Å²) in [4.78, 5) is 23.0. The lowest BCUT2D eigenvalue weighted by molar-refractivity contribution is -0.126. The quantitative estimate of drug-likeness (QED) is 0.689. The predicted octanol–water partition coefficient (Wildman–Crippen LogP) is 0.316. The molecular formula is C14H21N3O2. The predicted molar refractivity (Wildman–Crippen MR) is 74.0 cm³/mol. The third kappa shape index (κ3) is 4.37. The molecule has 104 valence electrons. The average molecular weight is 263 g/mol. The normalized spacial score (nSPS) is 11.1. The molecule has 5 N–H and O–H groups in total. The van der Waals surface area contributed by atoms with Crippen molar-refractivity contribution in [1.82, 2.24) is 5.32 Å². The van der Waals surface area contributed by atoms with Gasteiger partial charge in [-0.05, 0) is 25.0 Å². The van der Waals surface area contributed by atoms with Gasteiger partial charge in [0.15, 0.2) is 0 Å². The van der Waals surface area contributed by atoms with Gasteiger partial charge in [0.1, 0.15) is 0 Å². The number of hydrogen-bond acceptors (Lipinski definition) is 3. The van der Waals surface area contributed by atoms with Crippen molar-refractivity contribution in [1.29, 1.82) is 0 Å². The minimum atomic E-state index is -0.747. The number of amides is 2. The molecule has 0 spiro atoms. The van der Waals surface area contributed by atoms with Crippen LogP contribution in [0.15, 0.2) is 24.3 Å². The molecule has 1 rings (SSSR count). The number of nitrogens with one attached hydrogen (secondary N) is 1. The van der Waals surface area contributed by atoms with Crippen LogP contribution in [0.1, 0.15) is 25.0 Å². The Morgan fingerprint density at radius 1 is 1.21 bits per heavy atom. The second-order valence-corrected chi connectivity index (χ2v) is 5.17. The first-order valence-electron chi connectivity index (χ1n) is 6.20. The van der Waals surface area contributed by atoms with Crippen LogP contribution in [0.5, 0.6) is 0 Å². The number of primary amides is 1. The van der Waals surface area contributed by atoms with Crippen LogP contribution in [0.25, 0.3) is 0 Å². The van der Waals surface area contributed by atoms with Crippen LogP contribution in [0.3, 0.4) is 0 Å². The van der Waals surface area contributed by atoms with Crippen LogP contribution in [-0.4, -0.2) is 18.4 Å². The first-order valence-corrected chi connectivity index (χ1v) is 6.20. The second kappa shape index (κ2) is 6.33. The molecule has 0 bridgehead atoms. The molecule has 5 heteroatoms. The molecule has 19 heavy (non-hydrogen) atoms. The Bertz CT molecular complexity index is 470. The van der Waals surface area contributed by atoms with Crippen LogP contribution < -0.4 is 16.8 Å². The topological polar surface area (TPSA) is 98.2 Å². The summed E-state index contributed by atoms with van der Waals surface area (Å²) in [5.41, 5.74) is 12.0. The van der Waals surface area contributed by atoms with Crippen molar-refractivity contribution >= 4 is 11.8 Å². The molecule has 1 aromatic rings. The summed E-state index contributed by atoms with van der Waals surface area (Å²) in [6.07, 6.45) is 0.252. The van der Waals surface area contributed by atoms with Gasteiger partial charge in [0.2, 0.25) is 11.8 Å². The van der Waals surface area contributed by atoms with E-state index in [9.17, 15) is 9.59 Å². The highest BCUT2D eigenvalue weighted by Crippen LogP contribution is 2.12. The third-order valence-electron chi connectivity index (χ3n) is 3.08. The Morgan fingerprint density at radius 3 is 2.32 bits per heavy atom. The molecule has 0 aliphatic heterocycles. The lowest BCUT2D eigenvalue weighted by Crippen LogP contribution is -2.42. The van der Waals surface area contributed by atoms with Gasteiger partial charge in [0.05, 0.1) is 11.8 Å². The van der Waals surface area contributed by atoms with Crippen molar-refractivity contribution in [2.45, 2.75) is 26.8 Å². The molecule has 0 aliphatic rings. The fraction of sp³-hybridized carbons (Fsp3) is 0.429. The van der Waals surface area contributed by atoms with Gasteiger partial charge in [-0.3, -0.25) is 9.59 Å². The molecule has 0 saturated carbocycles. The summed E-state index contributed by atoms with van der Waals surface area (Å²) in [7, 11) is 0. The molecule has 5 nitrogen and oxygen atoms in total. The third-order valence-corrected chi connectivity index (χ3v) is 3.08. The largest absolute Gasteiger partial charge is 0.369 e. The van der Waals surface area contributed by atoms with Gasteiger partial charge in [0.25, 0.3) is 0 Å². The Kier molecular flexibility index (Phi) is 5.06. The molecule has 0 aliphatic carbocycles. The lowest BCUT2D eigenvalue weighted by Gasteiger charge is -2.20. The number of nitrogens with two attached hydrogens (primary N) is 2. The summed E-state index contributed by atoms with van der Waals surface area (Å²) < 4.78 is 0. The van der Waals surface area contributed by atoms with Crippen molar-refractivity contribution in [2.75, 3.05) is 6.54 Å². The zero-order chi connectivity index (χ0) is 14.5. The highest BCUT2D eigenvalue weighted by Gasteiger charge is 2.25. The molecular weight excluding hydrogens is 242 g/mol. The van der Waals surface area contributed by atoms with Crippen LogP contribution in [0.4, 0.5) is 0 Å². The maximum absolute atomic E-state index is 11.8. The molecule has 0 saturated heterocycles. The summed E-state index contributed by atoms with van der Waals surface area (Å²) in [5, 5.41) is 2.72. The van der Waals surface area contributed by atoms with E-state index in [0.29, 0.717) is 6.54 Å². The van der Waals surface area contributed by atoms with Gasteiger partial charge < -0.3 is 16.8 Å². The van der Waals surface area contributed by atoms with Gasteiger partial charge in [-0.2, -0.15) is 0 Å². The monoisotopic (exact) mass is 263 g/mol. The van der Waals surface area contributed by atoms with E-state index in [1.54, 1.807) is 13.8 Å². The molecule has 0 radical (unpaired) electrons. The second-order valence-electron chi connectivity index (χ2n) is 5.17. The minimum absolute atomic E-state index is 0.143. The molecule has 0 unspecified atom stereocenters. The Hall–Kier alpha value is -1.88. The van der Waals surface area contributed by atoms with E-state index in [1.165, 1.54) is 0 Å². The van der Waals surface area contributed by atoms with Gasteiger partial charge in [-0.25, -0.2) is 0 Å². The summed E-state index contributed by atoms with van der Waals surface area (Å²) in [5.74, 6) is -0.578. The van der Waals surface area contributed by atoms with Crippen LogP contribution in [0.2, 0.25) is 0 Å². The van der Waals surface area contributed by atoms with E-state index >= 15 is 0 Å². The van der Waals surface area contributed by atoms with E-state index in [2.05, 4.69) is 5.32 Å². The standard InChI is InChI=1S/C14H21N3O2/c1-14(2,13(16)19)9-17-12(18)7-10-5-3-4-6-11(10)8-15/h3-6H,7-9,15H2,1-2H3,(H2,16,19)(H,17,18). The fourth-order valence-corrected chi connectivity index (χ4v) is 1.57. The number of carbonyl (C=O) groups excluding carboxylic acids is 2. The highest BCUT2D eigenvalue weighted by molar-refractivity contribution is 5.82. The van der Waals surface area contributed by atoms with E-state index < -0.39 is 11.3 Å². The zero-order valence-corrected chi connectivity index (χ0v) is 11.4. The van der Waals surface area contributed by atoms with E-state index in [4.69, 9.17) is 11.5 Å². The first kappa shape index (κ1) is 15.2. The first-order chi connectivity index (χ1) is 8.86. The van der Waals surface area contributed by atoms with Crippen molar-refractivity contribution in [3.63, 3.8) is 0 Å². The van der Waals surface area contributed by atoms with E-state index in [-0.39, 0.29) is 18.9 Å². The van der Waals surface area contributed by atoms with Crippen LogP contribution in [0, 0.1) is 5.41 Å². The van der Waals surface area contributed by atoms with Gasteiger partial charge in [-0.15, -0.1) is 0 Å². The maximum Gasteiger partial charge on any atom is 0.224 e. The van der Waals surface area contributed by atoms with Gasteiger partial charge in [-0.1, -0.05) is 24.3 Å². The van der Waals surface area contributed by atoms with Crippen molar-refractivity contribution in [3.05, 3.63) is 35.4 Å². The highest BCUT2D eigenvalue weighted by atomic mass is 16.2. The summed E-state index contributed by atoms with van der Waals surface area (Å²) in [6, 6.07) is 7.53. The molecule has 0 atom stereocenters. The minimum Gasteiger partial charge on any atom is -0.369 e. The lowest BCUT2D eigenvalue weighted by atomic mass is 9.92. The molecule has 0 heterocycles. The Balaban J connectivity index is 2.59. The van der Waals surface area contributed by atoms with Crippen LogP contribution in [-0.2, 0) is 22.6 Å². The summed E-state index contributed by atoms with van der Waals surface area (Å²) in [6.45, 7) is 4.02. The molecule has 0 fully saturated rings. The number of carbonyl (C=O) groups is 2. The van der Waals surface area contributed by atoms with E-state index in [1.807, 2.05) is 24.3 Å². The molecule has 0 aromatic heterocycles. The number of benzene rings is 1. The Labute approximate surface area is 113 Å². The zero-order valence-electron chi connectivity index (χ0n) is 11.4. The summed E-state index contributed by atoms with van der Waals surface area (Å²) >= 11 is 0. The van der Waals surface area contributed by atoms with E-state index in [0.717, 1.165) is 11.1 Å². The fourth-order valence-electron chi connectivity index (χ4n) is 1.57. The van der Waals surface area contributed by atoms with Crippen molar-refractivity contribution in [3.8, 4) is 0 Å². The van der Waals surface area contributed by atoms with Crippen molar-refractivity contribution in [2.24, 2.45) is 16.9 Å². The van der Waals surface area contributed by atoms with Crippen LogP contribution >= 0.6 is 0 Å². The van der Waals surface area contributed by atoms with Gasteiger partial charge >= 0.3 is 0 Å². The molecule has 1 aromatic carbocycles. The smallest absolute Gasteiger partial charge is 0.224 e. The number of rotatable bonds is 6. The van der Waals surface area contributed by atoms with Gasteiger partial charge in [0, 0.05) is 13.1 Å². The molecule has 2 amide bonds. The van der Waals surface area contributed by atoms with Crippen molar-refractivity contribution < 1.29 is 9.59 Å². The average Bonchev–Trinajstić information content (AvgIpc) is 2.37. The Morgan fingerprint density at radius 2 is 1.79 bits per heavy atom. The maximum atomic E-state index is 11.8.